The molecule has 0 spiro atoms. The van der Waals surface area contributed by atoms with Gasteiger partial charge in [-0.1, -0.05) is 0 Å². The minimum absolute atomic E-state index is 0.255. The molecule has 32 heavy (non-hydrogen) atoms. The number of anilines is 1. The van der Waals surface area contributed by atoms with Gasteiger partial charge in [0, 0.05) is 0 Å². The van der Waals surface area contributed by atoms with Crippen molar-refractivity contribution in [3.8, 4) is 5.75 Å². The van der Waals surface area contributed by atoms with Gasteiger partial charge in [-0.3, -0.25) is 0 Å². The van der Waals surface area contributed by atoms with Crippen molar-refractivity contribution in [3.63, 3.8) is 0 Å². The molecule has 4 heterocycles. The van der Waals surface area contributed by atoms with Crippen LogP contribution < -0.4 is 31.7 Å². The van der Waals surface area contributed by atoms with E-state index in [1.54, 1.807) is 24.5 Å². The summed E-state index contributed by atoms with van der Waals surface area (Å²) >= 11 is 1.48. The number of hydrogen-bond donors (Lipinski definition) is 1. The van der Waals surface area contributed by atoms with E-state index in [0.717, 1.165) is 31.5 Å². The number of aliphatic imine (C=N–C) groups is 1. The number of nitrogens with zero attached hydrogens (tertiary/aromatic N) is 4. The van der Waals surface area contributed by atoms with E-state index in [-0.39, 0.29) is 17.3 Å². The van der Waals surface area contributed by atoms with Crippen molar-refractivity contribution in [1.82, 2.24) is 9.38 Å². The number of fused-ring (bicyclic) bond motifs is 1. The van der Waals surface area contributed by atoms with Gasteiger partial charge in [-0.2, -0.15) is 0 Å². The summed E-state index contributed by atoms with van der Waals surface area (Å²) in [6.45, 7) is 2.78. The fourth-order valence-electron chi connectivity index (χ4n) is 3.59. The number of ether oxygens (including phenoxy) is 1. The first-order valence-electron chi connectivity index (χ1n) is 9.93. The van der Waals surface area contributed by atoms with Crippen LogP contribution in [0.4, 0.5) is 10.1 Å². The molecule has 1 saturated heterocycles. The first-order valence-corrected chi connectivity index (χ1v) is 13.2. The van der Waals surface area contributed by atoms with Gasteiger partial charge < -0.3 is 0 Å². The molecule has 0 atom stereocenters. The topological polar surface area (TPSA) is 79.4 Å². The van der Waals surface area contributed by atoms with Crippen LogP contribution in [0.1, 0.15) is 11.3 Å². The second-order valence-corrected chi connectivity index (χ2v) is 11.5. The summed E-state index contributed by atoms with van der Waals surface area (Å²) < 4.78 is 22.6. The molecule has 2 aromatic heterocycles. The second-order valence-electron chi connectivity index (χ2n) is 7.35. The summed E-state index contributed by atoms with van der Waals surface area (Å²) in [5.74, 6) is -0.648. The summed E-state index contributed by atoms with van der Waals surface area (Å²) in [5.41, 5.74) is 2.14. The maximum absolute atomic E-state index is 13.2. The average molecular weight is 659 g/mol. The Morgan fingerprint density at radius 3 is 2.72 bits per heavy atom. The van der Waals surface area contributed by atoms with Crippen LogP contribution in [0.25, 0.3) is 5.65 Å². The number of aromatic nitrogens is 2. The van der Waals surface area contributed by atoms with Crippen LogP contribution in [0.2, 0.25) is 0 Å². The van der Waals surface area contributed by atoms with Crippen LogP contribution in [0, 0.1) is 9.39 Å². The van der Waals surface area contributed by atoms with Gasteiger partial charge in [-0.25, -0.2) is 0 Å². The zero-order valence-electron chi connectivity index (χ0n) is 16.8. The Labute approximate surface area is 207 Å². The normalized spacial score (nSPS) is 16.6. The summed E-state index contributed by atoms with van der Waals surface area (Å²) in [6, 6.07) is 8.39. The van der Waals surface area contributed by atoms with Crippen molar-refractivity contribution in [2.75, 3.05) is 31.2 Å². The maximum atomic E-state index is 13.2. The molecule has 0 bridgehead atoms. The van der Waals surface area contributed by atoms with Crippen molar-refractivity contribution in [3.05, 3.63) is 77.3 Å². The van der Waals surface area contributed by atoms with E-state index in [0.29, 0.717) is 29.0 Å². The Hall–Kier alpha value is -2.06. The SMILES string of the molecule is O=c1c(O)c(C2=NC=C(Cc3ccc(F)cc3)[I-]2)nc2c(I)cc(N3CCOCC3)cn12. The zero-order chi connectivity index (χ0) is 22.2. The zero-order valence-corrected chi connectivity index (χ0v) is 21.1. The fourth-order valence-corrected chi connectivity index (χ4v) is 6.76. The van der Waals surface area contributed by atoms with Crippen LogP contribution in [-0.2, 0) is 11.2 Å². The molecule has 2 aliphatic heterocycles. The first kappa shape index (κ1) is 21.8. The van der Waals surface area contributed by atoms with E-state index in [4.69, 9.17) is 4.74 Å². The summed E-state index contributed by atoms with van der Waals surface area (Å²) in [5, 5.41) is 10.7. The Balaban J connectivity index is 1.44. The summed E-state index contributed by atoms with van der Waals surface area (Å²) in [7, 11) is 0. The van der Waals surface area contributed by atoms with Gasteiger partial charge in [0.2, 0.25) is 0 Å². The van der Waals surface area contributed by atoms with E-state index in [1.807, 2.05) is 6.07 Å². The first-order chi connectivity index (χ1) is 15.5. The average Bonchev–Trinajstić information content (AvgIpc) is 3.26. The van der Waals surface area contributed by atoms with Crippen LogP contribution in [-0.4, -0.2) is 44.5 Å². The number of hydrogen-bond acceptors (Lipinski definition) is 6. The Morgan fingerprint density at radius 1 is 1.22 bits per heavy atom. The van der Waals surface area contributed by atoms with Crippen LogP contribution in [0.3, 0.4) is 0 Å². The quantitative estimate of drug-likeness (QED) is 0.397. The van der Waals surface area contributed by atoms with Gasteiger partial charge in [0.15, 0.2) is 0 Å². The molecule has 0 unspecified atom stereocenters. The monoisotopic (exact) mass is 659 g/mol. The van der Waals surface area contributed by atoms with E-state index in [2.05, 4.69) is 37.5 Å². The number of allylic oxidation sites excluding steroid dienone is 1. The van der Waals surface area contributed by atoms with Crippen LogP contribution in [0.15, 0.2) is 56.1 Å². The number of benzene rings is 1. The fraction of sp³-hybridized carbons (Fsp3) is 0.227. The molecule has 0 radical (unpaired) electrons. The molecule has 0 saturated carbocycles. The number of halogens is 3. The van der Waals surface area contributed by atoms with Crippen molar-refractivity contribution in [2.24, 2.45) is 4.99 Å². The number of morpholine rings is 1. The molecule has 5 rings (SSSR count). The van der Waals surface area contributed by atoms with Gasteiger partial charge in [0.1, 0.15) is 0 Å². The Kier molecular flexibility index (Phi) is 6.16. The Bertz CT molecular complexity index is 1320. The van der Waals surface area contributed by atoms with Crippen LogP contribution >= 0.6 is 22.6 Å². The van der Waals surface area contributed by atoms with Gasteiger partial charge in [0.05, 0.1) is 0 Å². The summed E-state index contributed by atoms with van der Waals surface area (Å²) in [4.78, 5) is 24.3. The molecule has 1 aromatic carbocycles. The van der Waals surface area contributed by atoms with Crippen molar-refractivity contribution < 1.29 is 35.4 Å². The van der Waals surface area contributed by atoms with Gasteiger partial charge in [-0.15, -0.1) is 0 Å². The second kappa shape index (κ2) is 9.06. The van der Waals surface area contributed by atoms with E-state index >= 15 is 0 Å². The number of pyridine rings is 1. The van der Waals surface area contributed by atoms with Crippen molar-refractivity contribution in [1.29, 1.82) is 0 Å². The molecule has 1 N–H and O–H groups in total. The molecule has 1 fully saturated rings. The number of aromatic hydroxyl groups is 1. The van der Waals surface area contributed by atoms with Gasteiger partial charge >= 0.3 is 208 Å². The molecule has 166 valence electrons. The molecule has 7 nitrogen and oxygen atoms in total. The molecule has 0 aliphatic carbocycles. The van der Waals surface area contributed by atoms with Crippen molar-refractivity contribution >= 4 is 37.6 Å². The van der Waals surface area contributed by atoms with E-state index in [1.165, 1.54) is 16.5 Å². The standard InChI is InChI=1S/C22H18FI2N4O3/c23-14-3-1-13(2-4-14)9-15-11-26-20(25-15)18-19(30)22(31)29-12-16(10-17(24)21(29)27-18)28-5-7-32-8-6-28/h1-4,10-12,30H,5-9H2/q-1. The van der Waals surface area contributed by atoms with Crippen LogP contribution in [0.5, 0.6) is 5.75 Å². The van der Waals surface area contributed by atoms with Crippen molar-refractivity contribution in [2.45, 2.75) is 6.42 Å². The minimum atomic E-state index is -0.693. The molecular weight excluding hydrogens is 641 g/mol. The molecule has 2 aliphatic rings. The van der Waals surface area contributed by atoms with E-state index in [9.17, 15) is 14.3 Å². The van der Waals surface area contributed by atoms with Gasteiger partial charge in [-0.05, 0) is 0 Å². The molecule has 3 aromatic rings. The predicted molar refractivity (Wildman–Crippen MR) is 124 cm³/mol. The van der Waals surface area contributed by atoms with E-state index < -0.39 is 26.8 Å². The predicted octanol–water partition coefficient (Wildman–Crippen LogP) is -0.0863. The Morgan fingerprint density at radius 2 is 1.97 bits per heavy atom. The van der Waals surface area contributed by atoms with Gasteiger partial charge in [0.25, 0.3) is 0 Å². The third kappa shape index (κ3) is 4.27. The molecular formula is C22H18FI2N4O3-. The summed E-state index contributed by atoms with van der Waals surface area (Å²) in [6.07, 6.45) is 4.17. The third-order valence-electron chi connectivity index (χ3n) is 5.23. The number of rotatable bonds is 4. The molecule has 0 amide bonds. The molecule has 10 heteroatoms. The third-order valence-corrected chi connectivity index (χ3v) is 8.67.